The van der Waals surface area contributed by atoms with Crippen molar-refractivity contribution in [3.05, 3.63) is 52.0 Å². The van der Waals surface area contributed by atoms with Crippen LogP contribution >= 0.6 is 23.2 Å². The van der Waals surface area contributed by atoms with E-state index in [2.05, 4.69) is 5.32 Å². The van der Waals surface area contributed by atoms with Gasteiger partial charge in [0.05, 0.1) is 20.6 Å². The molecule has 0 aromatic heterocycles. The second-order valence-corrected chi connectivity index (χ2v) is 12.6. The molecule has 10 nitrogen and oxygen atoms in total. The van der Waals surface area contributed by atoms with Crippen LogP contribution in [0.1, 0.15) is 31.2 Å². The summed E-state index contributed by atoms with van der Waals surface area (Å²) in [6.45, 7) is 0.528. The van der Waals surface area contributed by atoms with Gasteiger partial charge < -0.3 is 19.7 Å². The third-order valence-corrected chi connectivity index (χ3v) is 10.1. The molecule has 5 rings (SSSR count). The summed E-state index contributed by atoms with van der Waals surface area (Å²) in [5.41, 5.74) is 0.667. The Balaban J connectivity index is 0.000000350. The molecular formula is C27H28Cl2N2O8S. The lowest BCUT2D eigenvalue weighted by atomic mass is 9.92. The number of carbonyl (C=O) groups excluding carboxylic acids is 4. The minimum atomic E-state index is -4.28. The Morgan fingerprint density at radius 2 is 1.62 bits per heavy atom. The highest BCUT2D eigenvalue weighted by molar-refractivity contribution is 7.94. The van der Waals surface area contributed by atoms with Crippen molar-refractivity contribution >= 4 is 56.4 Å². The third kappa shape index (κ3) is 5.42. The largest absolute Gasteiger partial charge is 0.496 e. The van der Waals surface area contributed by atoms with Crippen molar-refractivity contribution in [2.24, 2.45) is 5.92 Å². The number of hydrogen-bond acceptors (Lipinski definition) is 8. The van der Waals surface area contributed by atoms with Crippen LogP contribution in [0.15, 0.2) is 41.3 Å². The van der Waals surface area contributed by atoms with Gasteiger partial charge in [0.25, 0.3) is 0 Å². The van der Waals surface area contributed by atoms with Gasteiger partial charge >= 0.3 is 0 Å². The van der Waals surface area contributed by atoms with E-state index in [9.17, 15) is 27.6 Å². The fraction of sp³-hybridized carbons (Fsp3) is 0.407. The number of amides is 2. The van der Waals surface area contributed by atoms with E-state index in [1.807, 2.05) is 0 Å². The van der Waals surface area contributed by atoms with E-state index in [0.29, 0.717) is 47.2 Å². The van der Waals surface area contributed by atoms with E-state index in [1.54, 1.807) is 18.2 Å². The van der Waals surface area contributed by atoms with Gasteiger partial charge in [0.2, 0.25) is 26.5 Å². The lowest BCUT2D eigenvalue weighted by molar-refractivity contribution is -0.150. The number of hydrogen-bond donors (Lipinski definition) is 1. The molecule has 2 atom stereocenters. The summed E-state index contributed by atoms with van der Waals surface area (Å²) in [7, 11) is -1.46. The van der Waals surface area contributed by atoms with Crippen LogP contribution in [0.25, 0.3) is 0 Å². The molecule has 1 N–H and O–H groups in total. The molecule has 0 bridgehead atoms. The summed E-state index contributed by atoms with van der Waals surface area (Å²) in [6, 6.07) is 9.09. The quantitative estimate of drug-likeness (QED) is 0.493. The number of carbonyl (C=O) groups is 4. The Morgan fingerprint density at radius 3 is 2.30 bits per heavy atom. The Labute approximate surface area is 241 Å². The van der Waals surface area contributed by atoms with Crippen molar-refractivity contribution in [2.75, 3.05) is 27.3 Å². The lowest BCUT2D eigenvalue weighted by Crippen LogP contribution is -2.67. The van der Waals surface area contributed by atoms with E-state index in [-0.39, 0.29) is 41.2 Å². The zero-order valence-corrected chi connectivity index (χ0v) is 24.2. The van der Waals surface area contributed by atoms with Crippen molar-refractivity contribution in [2.45, 2.75) is 41.9 Å². The van der Waals surface area contributed by atoms with Crippen LogP contribution in [0.5, 0.6) is 11.5 Å². The molecule has 0 saturated carbocycles. The minimum absolute atomic E-state index is 0.000787. The van der Waals surface area contributed by atoms with Gasteiger partial charge in [-0.25, -0.2) is 8.42 Å². The van der Waals surface area contributed by atoms with Crippen LogP contribution in [-0.2, 0) is 35.4 Å². The van der Waals surface area contributed by atoms with Gasteiger partial charge in [0.15, 0.2) is 5.78 Å². The van der Waals surface area contributed by atoms with Gasteiger partial charge in [-0.05, 0) is 42.3 Å². The number of ketones is 2. The molecule has 0 radical (unpaired) electrons. The first-order chi connectivity index (χ1) is 18.9. The first-order valence-electron chi connectivity index (χ1n) is 12.5. The molecule has 2 aromatic rings. The van der Waals surface area contributed by atoms with E-state index in [4.69, 9.17) is 32.7 Å². The summed E-state index contributed by atoms with van der Waals surface area (Å²) >= 11 is 12.0. The molecule has 214 valence electrons. The summed E-state index contributed by atoms with van der Waals surface area (Å²) < 4.78 is 37.8. The van der Waals surface area contributed by atoms with E-state index in [0.717, 1.165) is 4.90 Å². The number of nitrogens with zero attached hydrogens (tertiary/aromatic N) is 1. The number of β-lactam (4-membered cyclic amide) rings is 1. The van der Waals surface area contributed by atoms with E-state index < -0.39 is 32.8 Å². The fourth-order valence-corrected chi connectivity index (χ4v) is 7.74. The number of benzene rings is 2. The van der Waals surface area contributed by atoms with Crippen LogP contribution in [0.4, 0.5) is 0 Å². The number of halogens is 2. The maximum atomic E-state index is 13.7. The van der Waals surface area contributed by atoms with Gasteiger partial charge in [0, 0.05) is 54.4 Å². The number of Topliss-reactive ketones (excluding diaryl/α,β-unsaturated/α-hetero) is 2. The number of sulfone groups is 1. The molecule has 13 heteroatoms. The Morgan fingerprint density at radius 1 is 0.950 bits per heavy atom. The van der Waals surface area contributed by atoms with E-state index >= 15 is 0 Å². The smallest absolute Gasteiger partial charge is 0.228 e. The number of rotatable bonds is 6. The maximum Gasteiger partial charge on any atom is 0.228 e. The highest BCUT2D eigenvalue weighted by Gasteiger charge is 2.71. The number of methoxy groups -OCH3 is 2. The predicted molar refractivity (Wildman–Crippen MR) is 146 cm³/mol. The standard InChI is InChI=1S/C21H19Cl2NO6S.C6H9NO2/c1-29-16-5-3-14(22)8-12(16)7-13-11-24-19(25)10-21(24,20(13)26)31(27,28)18-6-4-15(23)9-17(18)30-2;8-5-1-2-6(9)7-4-3-5/h3-6,8-9,13H,7,10-11H2,1-2H3;1-4H2,(H,7,9). The van der Waals surface area contributed by atoms with E-state index in [1.165, 1.54) is 32.4 Å². The summed E-state index contributed by atoms with van der Waals surface area (Å²) in [5, 5.41) is 3.37. The van der Waals surface area contributed by atoms with Crippen molar-refractivity contribution in [1.29, 1.82) is 0 Å². The van der Waals surface area contributed by atoms with Gasteiger partial charge in [-0.3, -0.25) is 19.2 Å². The van der Waals surface area contributed by atoms with Crippen LogP contribution in [0.3, 0.4) is 0 Å². The summed E-state index contributed by atoms with van der Waals surface area (Å²) in [5.74, 6) is -0.874. The molecule has 3 fully saturated rings. The van der Waals surface area contributed by atoms with Gasteiger partial charge in [-0.1, -0.05) is 23.2 Å². The van der Waals surface area contributed by atoms with Crippen molar-refractivity contribution < 1.29 is 37.1 Å². The molecule has 3 heterocycles. The van der Waals surface area contributed by atoms with Crippen LogP contribution < -0.4 is 14.8 Å². The van der Waals surface area contributed by atoms with Crippen LogP contribution in [-0.4, -0.2) is 68.9 Å². The Kier molecular flexibility index (Phi) is 8.77. The first-order valence-corrected chi connectivity index (χ1v) is 14.7. The van der Waals surface area contributed by atoms with Crippen molar-refractivity contribution in [3.8, 4) is 11.5 Å². The third-order valence-electron chi connectivity index (χ3n) is 7.21. The minimum Gasteiger partial charge on any atom is -0.496 e. The number of ether oxygens (including phenoxy) is 2. The van der Waals surface area contributed by atoms with Crippen LogP contribution in [0, 0.1) is 5.92 Å². The second kappa shape index (κ2) is 11.8. The average molecular weight is 611 g/mol. The molecule has 2 aromatic carbocycles. The molecule has 40 heavy (non-hydrogen) atoms. The van der Waals surface area contributed by atoms with Crippen molar-refractivity contribution in [1.82, 2.24) is 10.2 Å². The molecule has 0 aliphatic carbocycles. The second-order valence-electron chi connectivity index (χ2n) is 9.62. The SMILES string of the molecule is COc1ccc(Cl)cc1CC1CN2C(=O)CC2(S(=O)(=O)c2ccc(Cl)cc2OC)C1=O.O=C1CCNC(=O)CC1. The molecule has 3 aliphatic rings. The zero-order chi connectivity index (χ0) is 29.2. The number of nitrogens with one attached hydrogen (secondary N) is 1. The predicted octanol–water partition coefficient (Wildman–Crippen LogP) is 3.01. The monoisotopic (exact) mass is 610 g/mol. The molecule has 0 spiro atoms. The molecule has 2 unspecified atom stereocenters. The Hall–Kier alpha value is -3.15. The lowest BCUT2D eigenvalue weighted by Gasteiger charge is -2.44. The van der Waals surface area contributed by atoms with Crippen LogP contribution in [0.2, 0.25) is 10.0 Å². The molecular weight excluding hydrogens is 583 g/mol. The first kappa shape index (κ1) is 29.8. The highest BCUT2D eigenvalue weighted by Crippen LogP contribution is 2.50. The average Bonchev–Trinajstić information content (AvgIpc) is 3.00. The highest BCUT2D eigenvalue weighted by atomic mass is 35.5. The topological polar surface area (TPSA) is 136 Å². The molecule has 3 saturated heterocycles. The maximum absolute atomic E-state index is 13.7. The van der Waals surface area contributed by atoms with Gasteiger partial charge in [-0.2, -0.15) is 0 Å². The fourth-order valence-electron chi connectivity index (χ4n) is 5.15. The normalized spacial score (nSPS) is 22.4. The van der Waals surface area contributed by atoms with Crippen molar-refractivity contribution in [3.63, 3.8) is 0 Å². The van der Waals surface area contributed by atoms with Gasteiger partial charge in [0.1, 0.15) is 22.2 Å². The number of fused-ring (bicyclic) bond motifs is 1. The molecule has 2 amide bonds. The zero-order valence-electron chi connectivity index (χ0n) is 21.9. The Bertz CT molecular complexity index is 1460. The summed E-state index contributed by atoms with van der Waals surface area (Å²) in [6.07, 6.45) is 1.10. The summed E-state index contributed by atoms with van der Waals surface area (Å²) in [4.78, 5) is 46.1. The molecule has 3 aliphatic heterocycles. The van der Waals surface area contributed by atoms with Gasteiger partial charge in [-0.15, -0.1) is 0 Å².